The number of amides is 2. The fraction of sp³-hybridized carbons (Fsp3) is 0.560. The van der Waals surface area contributed by atoms with Crippen LogP contribution in [0.15, 0.2) is 30.3 Å². The molecule has 0 aliphatic rings. The van der Waals surface area contributed by atoms with Crippen molar-refractivity contribution in [3.8, 4) is 5.69 Å². The molecule has 31 heavy (non-hydrogen) atoms. The summed E-state index contributed by atoms with van der Waals surface area (Å²) < 4.78 is 1.79. The van der Waals surface area contributed by atoms with E-state index in [1.807, 2.05) is 51.1 Å². The van der Waals surface area contributed by atoms with Gasteiger partial charge in [-0.1, -0.05) is 66.2 Å². The summed E-state index contributed by atoms with van der Waals surface area (Å²) in [6.45, 7) is 15.1. The molecule has 0 bridgehead atoms. The number of aromatic nitrogens is 2. The minimum atomic E-state index is -0.205. The van der Waals surface area contributed by atoms with Crippen LogP contribution in [0.25, 0.3) is 5.69 Å². The Hall–Kier alpha value is -2.63. The summed E-state index contributed by atoms with van der Waals surface area (Å²) in [4.78, 5) is 27.3. The van der Waals surface area contributed by atoms with E-state index < -0.39 is 0 Å². The monoisotopic (exact) mass is 426 g/mol. The maximum Gasteiger partial charge on any atom is 0.245 e. The first-order valence-corrected chi connectivity index (χ1v) is 11.3. The molecule has 0 unspecified atom stereocenters. The highest BCUT2D eigenvalue weighted by molar-refractivity contribution is 5.94. The van der Waals surface area contributed by atoms with Crippen molar-refractivity contribution in [3.63, 3.8) is 0 Å². The molecular formula is C25H38N4O2. The minimum Gasteiger partial charge on any atom is -0.333 e. The van der Waals surface area contributed by atoms with E-state index in [0.29, 0.717) is 18.8 Å². The van der Waals surface area contributed by atoms with Gasteiger partial charge in [-0.15, -0.1) is 0 Å². The molecule has 6 heteroatoms. The number of carbonyl (C=O) groups excluding carboxylic acids is 2. The topological polar surface area (TPSA) is 67.2 Å². The van der Waals surface area contributed by atoms with Crippen molar-refractivity contribution in [1.29, 1.82) is 0 Å². The summed E-state index contributed by atoms with van der Waals surface area (Å²) >= 11 is 0. The van der Waals surface area contributed by atoms with E-state index in [4.69, 9.17) is 5.10 Å². The highest BCUT2D eigenvalue weighted by atomic mass is 16.2. The first-order chi connectivity index (χ1) is 14.5. The summed E-state index contributed by atoms with van der Waals surface area (Å²) in [5.74, 6) is 0.706. The molecule has 0 atom stereocenters. The van der Waals surface area contributed by atoms with Gasteiger partial charge in [-0.3, -0.25) is 9.59 Å². The van der Waals surface area contributed by atoms with Crippen LogP contribution in [-0.2, 0) is 15.0 Å². The number of benzene rings is 1. The molecule has 2 amide bonds. The Kier molecular flexibility index (Phi) is 8.43. The van der Waals surface area contributed by atoms with Crippen LogP contribution in [0.1, 0.15) is 72.1 Å². The Morgan fingerprint density at radius 1 is 1.19 bits per heavy atom. The van der Waals surface area contributed by atoms with Gasteiger partial charge in [0, 0.05) is 24.4 Å². The number of rotatable bonds is 9. The average molecular weight is 427 g/mol. The standard InChI is InChI=1S/C25H38N4O2/c1-8-9-14-28(24(31)15-18(2)3)17-23(30)26-22-16-21(25(5,6)7)27-29(22)20-13-11-10-12-19(20)4/h10-13,16,18H,8-9,14-15,17H2,1-7H3,(H,26,30). The van der Waals surface area contributed by atoms with E-state index in [0.717, 1.165) is 29.8 Å². The molecule has 0 saturated heterocycles. The number of hydrogen-bond donors (Lipinski definition) is 1. The summed E-state index contributed by atoms with van der Waals surface area (Å²) in [5, 5.41) is 7.80. The Morgan fingerprint density at radius 2 is 1.87 bits per heavy atom. The van der Waals surface area contributed by atoms with E-state index >= 15 is 0 Å². The third-order valence-electron chi connectivity index (χ3n) is 5.14. The minimum absolute atomic E-state index is 0.0291. The fourth-order valence-electron chi connectivity index (χ4n) is 3.30. The molecule has 170 valence electrons. The van der Waals surface area contributed by atoms with E-state index in [1.54, 1.807) is 9.58 Å². The van der Waals surface area contributed by atoms with Gasteiger partial charge >= 0.3 is 0 Å². The van der Waals surface area contributed by atoms with Crippen LogP contribution in [-0.4, -0.2) is 39.6 Å². The van der Waals surface area contributed by atoms with Crippen molar-refractivity contribution in [2.45, 2.75) is 73.1 Å². The Labute approximate surface area is 187 Å². The number of carbonyl (C=O) groups is 2. The molecule has 1 heterocycles. The van der Waals surface area contributed by atoms with Crippen molar-refractivity contribution in [2.75, 3.05) is 18.4 Å². The number of para-hydroxylation sites is 1. The molecule has 0 radical (unpaired) electrons. The fourth-order valence-corrected chi connectivity index (χ4v) is 3.30. The summed E-state index contributed by atoms with van der Waals surface area (Å²) in [5.41, 5.74) is 2.73. The number of nitrogens with one attached hydrogen (secondary N) is 1. The number of hydrogen-bond acceptors (Lipinski definition) is 3. The van der Waals surface area contributed by atoms with E-state index in [1.165, 1.54) is 0 Å². The normalized spacial score (nSPS) is 11.6. The maximum atomic E-state index is 13.0. The van der Waals surface area contributed by atoms with Crippen LogP contribution in [0.2, 0.25) is 0 Å². The zero-order chi connectivity index (χ0) is 23.2. The smallest absolute Gasteiger partial charge is 0.245 e. The van der Waals surface area contributed by atoms with Gasteiger partial charge < -0.3 is 10.2 Å². The zero-order valence-electron chi connectivity index (χ0n) is 20.2. The van der Waals surface area contributed by atoms with Gasteiger partial charge in [-0.2, -0.15) is 5.10 Å². The third kappa shape index (κ3) is 6.94. The van der Waals surface area contributed by atoms with Crippen molar-refractivity contribution in [3.05, 3.63) is 41.6 Å². The number of unbranched alkanes of at least 4 members (excludes halogenated alkanes) is 1. The van der Waals surface area contributed by atoms with Gasteiger partial charge in [0.05, 0.1) is 17.9 Å². The zero-order valence-corrected chi connectivity index (χ0v) is 20.2. The molecular weight excluding hydrogens is 388 g/mol. The van der Waals surface area contributed by atoms with E-state index in [9.17, 15) is 9.59 Å². The predicted octanol–water partition coefficient (Wildman–Crippen LogP) is 5.09. The second-order valence-electron chi connectivity index (χ2n) is 9.68. The van der Waals surface area contributed by atoms with Crippen molar-refractivity contribution in [1.82, 2.24) is 14.7 Å². The number of aryl methyl sites for hydroxylation is 1. The maximum absolute atomic E-state index is 13.0. The molecule has 0 aliphatic heterocycles. The first-order valence-electron chi connectivity index (χ1n) is 11.3. The van der Waals surface area contributed by atoms with Crippen molar-refractivity contribution in [2.24, 2.45) is 5.92 Å². The molecule has 1 aromatic carbocycles. The van der Waals surface area contributed by atoms with Gasteiger partial charge in [0.15, 0.2) is 0 Å². The summed E-state index contributed by atoms with van der Waals surface area (Å²) in [6, 6.07) is 9.89. The summed E-state index contributed by atoms with van der Waals surface area (Å²) in [6.07, 6.45) is 2.31. The van der Waals surface area contributed by atoms with Gasteiger partial charge in [0.1, 0.15) is 5.82 Å². The van der Waals surface area contributed by atoms with Gasteiger partial charge in [-0.25, -0.2) is 4.68 Å². The molecule has 6 nitrogen and oxygen atoms in total. The highest BCUT2D eigenvalue weighted by Crippen LogP contribution is 2.27. The van der Waals surface area contributed by atoms with Gasteiger partial charge in [-0.05, 0) is 30.9 Å². The lowest BCUT2D eigenvalue weighted by atomic mass is 9.92. The number of nitrogens with zero attached hydrogens (tertiary/aromatic N) is 3. The predicted molar refractivity (Wildman–Crippen MR) is 127 cm³/mol. The van der Waals surface area contributed by atoms with Crippen LogP contribution in [0.4, 0.5) is 5.82 Å². The molecule has 1 N–H and O–H groups in total. The Balaban J connectivity index is 2.29. The quantitative estimate of drug-likeness (QED) is 0.607. The largest absolute Gasteiger partial charge is 0.333 e. The van der Waals surface area contributed by atoms with Crippen LogP contribution in [0, 0.1) is 12.8 Å². The van der Waals surface area contributed by atoms with Crippen molar-refractivity contribution < 1.29 is 9.59 Å². The van der Waals surface area contributed by atoms with E-state index in [2.05, 4.69) is 33.0 Å². The van der Waals surface area contributed by atoms with E-state index in [-0.39, 0.29) is 29.7 Å². The van der Waals surface area contributed by atoms with Crippen LogP contribution in [0.3, 0.4) is 0 Å². The Morgan fingerprint density at radius 3 is 2.45 bits per heavy atom. The van der Waals surface area contributed by atoms with Gasteiger partial charge in [0.25, 0.3) is 0 Å². The second kappa shape index (κ2) is 10.6. The SMILES string of the molecule is CCCCN(CC(=O)Nc1cc(C(C)(C)C)nn1-c1ccccc1C)C(=O)CC(C)C. The van der Waals surface area contributed by atoms with Crippen LogP contribution in [0.5, 0.6) is 0 Å². The lowest BCUT2D eigenvalue weighted by Gasteiger charge is -2.23. The molecule has 0 fully saturated rings. The van der Waals surface area contributed by atoms with Crippen molar-refractivity contribution >= 4 is 17.6 Å². The molecule has 0 aliphatic carbocycles. The van der Waals surface area contributed by atoms with Gasteiger partial charge in [0.2, 0.25) is 11.8 Å². The molecule has 2 aromatic rings. The Bertz CT molecular complexity index is 893. The molecule has 1 aromatic heterocycles. The van der Waals surface area contributed by atoms with Crippen LogP contribution < -0.4 is 5.32 Å². The summed E-state index contributed by atoms with van der Waals surface area (Å²) in [7, 11) is 0. The van der Waals surface area contributed by atoms with Crippen LogP contribution >= 0.6 is 0 Å². The molecule has 0 saturated carbocycles. The highest BCUT2D eigenvalue weighted by Gasteiger charge is 2.23. The first kappa shape index (κ1) is 24.6. The molecule has 0 spiro atoms. The average Bonchev–Trinajstić information content (AvgIpc) is 3.08. The number of anilines is 1. The lowest BCUT2D eigenvalue weighted by Crippen LogP contribution is -2.39. The third-order valence-corrected chi connectivity index (χ3v) is 5.14. The lowest BCUT2D eigenvalue weighted by molar-refractivity contribution is -0.135. The second-order valence-corrected chi connectivity index (χ2v) is 9.68. The molecule has 2 rings (SSSR count).